The normalized spacial score (nSPS) is 14.1. The van der Waals surface area contributed by atoms with Crippen molar-refractivity contribution in [3.63, 3.8) is 0 Å². The number of anilines is 2. The van der Waals surface area contributed by atoms with Gasteiger partial charge < -0.3 is 19.7 Å². The topological polar surface area (TPSA) is 79.9 Å². The molecule has 0 bridgehead atoms. The van der Waals surface area contributed by atoms with Gasteiger partial charge in [-0.2, -0.15) is 0 Å². The van der Waals surface area contributed by atoms with Crippen LogP contribution in [0.25, 0.3) is 0 Å². The van der Waals surface area contributed by atoms with Gasteiger partial charge in [0.05, 0.1) is 29.9 Å². The molecule has 2 aromatic carbocycles. The Morgan fingerprint density at radius 3 is 2.52 bits per heavy atom. The average molecular weight is 420 g/mol. The predicted molar refractivity (Wildman–Crippen MR) is 116 cm³/mol. The van der Waals surface area contributed by atoms with Crippen molar-refractivity contribution in [1.82, 2.24) is 5.32 Å². The predicted octanol–water partition coefficient (Wildman–Crippen LogP) is 3.08. The number of methoxy groups -OCH3 is 1. The molecule has 0 radical (unpaired) electrons. The first-order valence-corrected chi connectivity index (χ1v) is 11.1. The molecule has 0 saturated heterocycles. The Morgan fingerprint density at radius 1 is 1.14 bits per heavy atom. The summed E-state index contributed by atoms with van der Waals surface area (Å²) in [6, 6.07) is 11.7. The van der Waals surface area contributed by atoms with Crippen LogP contribution >= 0.6 is 0 Å². The number of rotatable bonds is 7. The van der Waals surface area contributed by atoms with Crippen molar-refractivity contribution in [2.45, 2.75) is 31.2 Å². The lowest BCUT2D eigenvalue weighted by Gasteiger charge is -2.32. The molecule has 29 heavy (non-hydrogen) atoms. The molecule has 0 aromatic heterocycles. The van der Waals surface area contributed by atoms with Gasteiger partial charge in [-0.05, 0) is 57.2 Å². The van der Waals surface area contributed by atoms with Gasteiger partial charge in [0.25, 0.3) is 10.0 Å². The first-order chi connectivity index (χ1) is 13.7. The Morgan fingerprint density at radius 2 is 1.86 bits per heavy atom. The zero-order chi connectivity index (χ0) is 21.1. The van der Waals surface area contributed by atoms with Gasteiger partial charge in [-0.3, -0.25) is 4.72 Å². The highest BCUT2D eigenvalue weighted by atomic mass is 32.2. The van der Waals surface area contributed by atoms with Crippen molar-refractivity contribution >= 4 is 21.4 Å². The largest absolute Gasteiger partial charge is 0.497 e. The molecule has 0 unspecified atom stereocenters. The maximum atomic E-state index is 12.7. The summed E-state index contributed by atoms with van der Waals surface area (Å²) in [6.45, 7) is 9.50. The molecule has 0 atom stereocenters. The molecular weight excluding hydrogens is 390 g/mol. The van der Waals surface area contributed by atoms with E-state index in [0.717, 1.165) is 25.3 Å². The lowest BCUT2D eigenvalue weighted by molar-refractivity contribution is 0.306. The average Bonchev–Trinajstić information content (AvgIpc) is 2.66. The molecule has 0 aliphatic carbocycles. The molecule has 1 aliphatic heterocycles. The fourth-order valence-corrected chi connectivity index (χ4v) is 4.16. The molecule has 0 amide bonds. The lowest BCUT2D eigenvalue weighted by Crippen LogP contribution is -2.43. The molecule has 1 heterocycles. The fourth-order valence-electron chi connectivity index (χ4n) is 3.11. The third-order valence-corrected chi connectivity index (χ3v) is 5.98. The minimum atomic E-state index is -3.69. The quantitative estimate of drug-likeness (QED) is 0.718. The van der Waals surface area contributed by atoms with Gasteiger partial charge in [-0.15, -0.1) is 0 Å². The summed E-state index contributed by atoms with van der Waals surface area (Å²) in [5, 5.41) is 3.49. The van der Waals surface area contributed by atoms with Gasteiger partial charge >= 0.3 is 0 Å². The standard InChI is InChI=1S/C21H29N3O4S/c1-21(2,3)22-11-12-24-13-14-28-20-15-16(5-10-19(20)24)23-29(25,26)18-8-6-17(27-4)7-9-18/h5-10,15,22-23H,11-14H2,1-4H3. The summed E-state index contributed by atoms with van der Waals surface area (Å²) in [7, 11) is -2.15. The van der Waals surface area contributed by atoms with Crippen LogP contribution in [0.2, 0.25) is 0 Å². The van der Waals surface area contributed by atoms with Crippen molar-refractivity contribution in [3.05, 3.63) is 42.5 Å². The molecule has 0 fully saturated rings. The second kappa shape index (κ2) is 8.51. The molecule has 1 aliphatic rings. The third kappa shape index (κ3) is 5.55. The van der Waals surface area contributed by atoms with Crippen molar-refractivity contribution in [3.8, 4) is 11.5 Å². The zero-order valence-corrected chi connectivity index (χ0v) is 18.2. The maximum absolute atomic E-state index is 12.7. The van der Waals surface area contributed by atoms with Crippen molar-refractivity contribution in [2.75, 3.05) is 43.0 Å². The van der Waals surface area contributed by atoms with E-state index in [9.17, 15) is 8.42 Å². The van der Waals surface area contributed by atoms with Crippen molar-refractivity contribution in [1.29, 1.82) is 0 Å². The molecule has 0 saturated carbocycles. The number of fused-ring (bicyclic) bond motifs is 1. The number of nitrogens with zero attached hydrogens (tertiary/aromatic N) is 1. The smallest absolute Gasteiger partial charge is 0.261 e. The van der Waals surface area contributed by atoms with Gasteiger partial charge in [0, 0.05) is 24.7 Å². The van der Waals surface area contributed by atoms with E-state index in [0.29, 0.717) is 23.8 Å². The van der Waals surface area contributed by atoms with E-state index >= 15 is 0 Å². The molecule has 158 valence electrons. The second-order valence-corrected chi connectivity index (χ2v) is 9.66. The van der Waals surface area contributed by atoms with E-state index in [1.807, 2.05) is 6.07 Å². The number of sulfonamides is 1. The van der Waals surface area contributed by atoms with Crippen molar-refractivity contribution in [2.24, 2.45) is 0 Å². The number of hydrogen-bond donors (Lipinski definition) is 2. The Hall–Kier alpha value is -2.45. The van der Waals surface area contributed by atoms with Crippen LogP contribution in [0.15, 0.2) is 47.4 Å². The summed E-state index contributed by atoms with van der Waals surface area (Å²) in [6.07, 6.45) is 0. The minimum absolute atomic E-state index is 0.0682. The summed E-state index contributed by atoms with van der Waals surface area (Å²) < 4.78 is 38.8. The molecule has 0 spiro atoms. The SMILES string of the molecule is COc1ccc(S(=O)(=O)Nc2ccc3c(c2)OCCN3CCNC(C)(C)C)cc1. The number of hydrogen-bond acceptors (Lipinski definition) is 6. The summed E-state index contributed by atoms with van der Waals surface area (Å²) in [5.41, 5.74) is 1.51. The van der Waals surface area contributed by atoms with Crippen LogP contribution in [0.4, 0.5) is 11.4 Å². The Kier molecular flexibility index (Phi) is 6.24. The maximum Gasteiger partial charge on any atom is 0.261 e. The van der Waals surface area contributed by atoms with Crippen LogP contribution in [0.1, 0.15) is 20.8 Å². The van der Waals surface area contributed by atoms with Crippen LogP contribution in [-0.2, 0) is 10.0 Å². The Balaban J connectivity index is 1.72. The van der Waals surface area contributed by atoms with Crippen LogP contribution < -0.4 is 24.4 Å². The highest BCUT2D eigenvalue weighted by molar-refractivity contribution is 7.92. The molecule has 8 heteroatoms. The second-order valence-electron chi connectivity index (χ2n) is 7.98. The lowest BCUT2D eigenvalue weighted by atomic mass is 10.1. The Labute approximate surface area is 173 Å². The van der Waals surface area contributed by atoms with Gasteiger partial charge in [0.2, 0.25) is 0 Å². The molecule has 2 N–H and O–H groups in total. The summed E-state index contributed by atoms with van der Waals surface area (Å²) in [5.74, 6) is 1.29. The molecular formula is C21H29N3O4S. The van der Waals surface area contributed by atoms with E-state index in [-0.39, 0.29) is 10.4 Å². The summed E-state index contributed by atoms with van der Waals surface area (Å²) in [4.78, 5) is 2.42. The number of ether oxygens (including phenoxy) is 2. The minimum Gasteiger partial charge on any atom is -0.497 e. The number of benzene rings is 2. The Bertz CT molecular complexity index is 937. The van der Waals surface area contributed by atoms with Crippen LogP contribution in [-0.4, -0.2) is 47.3 Å². The monoisotopic (exact) mass is 419 g/mol. The number of nitrogens with one attached hydrogen (secondary N) is 2. The van der Waals surface area contributed by atoms with Gasteiger partial charge in [0.1, 0.15) is 18.1 Å². The third-order valence-electron chi connectivity index (χ3n) is 4.58. The van der Waals surface area contributed by atoms with E-state index in [4.69, 9.17) is 9.47 Å². The van der Waals surface area contributed by atoms with E-state index in [2.05, 4.69) is 35.7 Å². The fraction of sp³-hybridized carbons (Fsp3) is 0.429. The zero-order valence-electron chi connectivity index (χ0n) is 17.4. The highest BCUT2D eigenvalue weighted by Crippen LogP contribution is 2.34. The van der Waals surface area contributed by atoms with E-state index in [1.54, 1.807) is 24.3 Å². The van der Waals surface area contributed by atoms with Gasteiger partial charge in [-0.25, -0.2) is 8.42 Å². The first-order valence-electron chi connectivity index (χ1n) is 9.62. The molecule has 3 rings (SSSR count). The van der Waals surface area contributed by atoms with E-state index in [1.165, 1.54) is 19.2 Å². The molecule has 7 nitrogen and oxygen atoms in total. The van der Waals surface area contributed by atoms with Crippen LogP contribution in [0, 0.1) is 0 Å². The van der Waals surface area contributed by atoms with Gasteiger partial charge in [-0.1, -0.05) is 0 Å². The summed E-state index contributed by atoms with van der Waals surface area (Å²) >= 11 is 0. The van der Waals surface area contributed by atoms with Crippen molar-refractivity contribution < 1.29 is 17.9 Å². The van der Waals surface area contributed by atoms with E-state index < -0.39 is 10.0 Å². The van der Waals surface area contributed by atoms with Crippen LogP contribution in [0.3, 0.4) is 0 Å². The van der Waals surface area contributed by atoms with Gasteiger partial charge in [0.15, 0.2) is 0 Å². The highest BCUT2D eigenvalue weighted by Gasteiger charge is 2.21. The van der Waals surface area contributed by atoms with Crippen LogP contribution in [0.5, 0.6) is 11.5 Å². The molecule has 2 aromatic rings. The first kappa shape index (κ1) is 21.3.